The lowest BCUT2D eigenvalue weighted by atomic mass is 10.0. The molecule has 106 valence electrons. The van der Waals surface area contributed by atoms with Crippen LogP contribution in [0.25, 0.3) is 0 Å². The number of anilines is 1. The van der Waals surface area contributed by atoms with Crippen molar-refractivity contribution >= 4 is 28.3 Å². The second kappa shape index (κ2) is 7.20. The highest BCUT2D eigenvalue weighted by molar-refractivity contribution is 7.13. The number of esters is 1. The molecule has 0 spiro atoms. The first kappa shape index (κ1) is 15.6. The number of hydrogen-bond acceptors (Lipinski definition) is 6. The van der Waals surface area contributed by atoms with Gasteiger partial charge in [-0.05, 0) is 13.8 Å². The number of carbonyl (C=O) groups is 2. The number of rotatable bonds is 6. The van der Waals surface area contributed by atoms with Gasteiger partial charge in [-0.15, -0.1) is 11.3 Å². The minimum Gasteiger partial charge on any atom is -0.466 e. The topological polar surface area (TPSA) is 94.3 Å². The summed E-state index contributed by atoms with van der Waals surface area (Å²) in [5.74, 6) is -0.793. The molecule has 19 heavy (non-hydrogen) atoms. The van der Waals surface area contributed by atoms with E-state index < -0.39 is 0 Å². The van der Waals surface area contributed by atoms with Crippen molar-refractivity contribution in [1.82, 2.24) is 4.98 Å². The predicted octanol–water partition coefficient (Wildman–Crippen LogP) is 1.17. The van der Waals surface area contributed by atoms with Gasteiger partial charge in [0.2, 0.25) is 5.91 Å². The van der Waals surface area contributed by atoms with E-state index in [1.54, 1.807) is 26.2 Å². The third-order valence-electron chi connectivity index (χ3n) is 2.61. The lowest BCUT2D eigenvalue weighted by Gasteiger charge is -2.13. The average Bonchev–Trinajstić information content (AvgIpc) is 2.75. The number of aromatic nitrogens is 1. The Morgan fingerprint density at radius 3 is 2.79 bits per heavy atom. The molecule has 0 bridgehead atoms. The van der Waals surface area contributed by atoms with Crippen molar-refractivity contribution < 1.29 is 14.3 Å². The Bertz CT molecular complexity index is 445. The van der Waals surface area contributed by atoms with Gasteiger partial charge in [0.15, 0.2) is 5.13 Å². The Morgan fingerprint density at radius 2 is 2.21 bits per heavy atom. The molecule has 6 nitrogen and oxygen atoms in total. The van der Waals surface area contributed by atoms with Gasteiger partial charge in [-0.2, -0.15) is 0 Å². The third-order valence-corrected chi connectivity index (χ3v) is 3.42. The summed E-state index contributed by atoms with van der Waals surface area (Å²) in [6, 6.07) is -0.223. The molecule has 0 radical (unpaired) electrons. The molecule has 0 fully saturated rings. The normalized spacial score (nSPS) is 13.7. The first-order valence-corrected chi connectivity index (χ1v) is 6.98. The summed E-state index contributed by atoms with van der Waals surface area (Å²) < 4.78 is 4.83. The zero-order valence-corrected chi connectivity index (χ0v) is 12.1. The molecule has 2 unspecified atom stereocenters. The van der Waals surface area contributed by atoms with Gasteiger partial charge in [-0.3, -0.25) is 9.59 Å². The first-order valence-electron chi connectivity index (χ1n) is 6.10. The van der Waals surface area contributed by atoms with Crippen LogP contribution in [0.5, 0.6) is 0 Å². The Morgan fingerprint density at radius 1 is 1.53 bits per heavy atom. The van der Waals surface area contributed by atoms with Gasteiger partial charge in [0.1, 0.15) is 0 Å². The van der Waals surface area contributed by atoms with Gasteiger partial charge in [0, 0.05) is 11.4 Å². The summed E-state index contributed by atoms with van der Waals surface area (Å²) in [4.78, 5) is 27.2. The maximum Gasteiger partial charge on any atom is 0.311 e. The van der Waals surface area contributed by atoms with E-state index in [9.17, 15) is 9.59 Å². The molecular weight excluding hydrogens is 266 g/mol. The second-order valence-electron chi connectivity index (χ2n) is 4.26. The van der Waals surface area contributed by atoms with Crippen molar-refractivity contribution in [1.29, 1.82) is 0 Å². The fraction of sp³-hybridized carbons (Fsp3) is 0.583. The molecule has 0 aliphatic rings. The molecule has 3 N–H and O–H groups in total. The summed E-state index contributed by atoms with van der Waals surface area (Å²) in [6.45, 7) is 5.63. The smallest absolute Gasteiger partial charge is 0.311 e. The predicted molar refractivity (Wildman–Crippen MR) is 73.9 cm³/mol. The minimum atomic E-state index is -0.324. The van der Waals surface area contributed by atoms with Crippen LogP contribution in [0.15, 0.2) is 5.38 Å². The van der Waals surface area contributed by atoms with Crippen molar-refractivity contribution in [3.8, 4) is 0 Å². The van der Waals surface area contributed by atoms with Gasteiger partial charge in [-0.1, -0.05) is 6.92 Å². The molecule has 1 aromatic rings. The monoisotopic (exact) mass is 285 g/mol. The molecule has 0 aliphatic carbocycles. The van der Waals surface area contributed by atoms with E-state index in [-0.39, 0.29) is 30.3 Å². The molecule has 0 aromatic carbocycles. The Balaban J connectivity index is 2.55. The zero-order chi connectivity index (χ0) is 14.4. The van der Waals surface area contributed by atoms with Crippen LogP contribution in [0.1, 0.15) is 26.5 Å². The summed E-state index contributed by atoms with van der Waals surface area (Å²) in [5, 5.41) is 4.88. The average molecular weight is 285 g/mol. The Labute approximate surface area is 116 Å². The molecule has 1 aromatic heterocycles. The number of nitrogens with one attached hydrogen (secondary N) is 1. The van der Waals surface area contributed by atoms with Crippen molar-refractivity contribution in [2.75, 3.05) is 11.9 Å². The van der Waals surface area contributed by atoms with Crippen LogP contribution in [0, 0.1) is 5.92 Å². The van der Waals surface area contributed by atoms with E-state index in [0.717, 1.165) is 0 Å². The first-order chi connectivity index (χ1) is 8.93. The number of thiazole rings is 1. The van der Waals surface area contributed by atoms with E-state index in [1.807, 2.05) is 0 Å². The van der Waals surface area contributed by atoms with Crippen molar-refractivity contribution in [3.05, 3.63) is 11.1 Å². The van der Waals surface area contributed by atoms with Crippen LogP contribution in [-0.4, -0.2) is 29.5 Å². The molecule has 7 heteroatoms. The molecule has 0 aliphatic heterocycles. The number of ether oxygens (including phenoxy) is 1. The van der Waals surface area contributed by atoms with Crippen molar-refractivity contribution in [3.63, 3.8) is 0 Å². The molecule has 0 saturated heterocycles. The Kier molecular flexibility index (Phi) is 5.91. The SMILES string of the molecule is CCOC(=O)Cc1csc(NC(=O)C(C)C(C)N)n1. The van der Waals surface area contributed by atoms with Crippen LogP contribution in [-0.2, 0) is 20.7 Å². The number of nitrogens with two attached hydrogens (primary N) is 1. The number of carbonyl (C=O) groups excluding carboxylic acids is 2. The lowest BCUT2D eigenvalue weighted by Crippen LogP contribution is -2.34. The van der Waals surface area contributed by atoms with Crippen LogP contribution in [0.2, 0.25) is 0 Å². The van der Waals surface area contributed by atoms with Gasteiger partial charge < -0.3 is 15.8 Å². The fourth-order valence-electron chi connectivity index (χ4n) is 1.26. The van der Waals surface area contributed by atoms with E-state index in [2.05, 4.69) is 10.3 Å². The summed E-state index contributed by atoms with van der Waals surface area (Å²) in [5.41, 5.74) is 6.25. The molecule has 0 saturated carbocycles. The number of hydrogen-bond donors (Lipinski definition) is 2. The maximum atomic E-state index is 11.8. The molecule has 1 amide bonds. The van der Waals surface area contributed by atoms with Gasteiger partial charge >= 0.3 is 5.97 Å². The van der Waals surface area contributed by atoms with Gasteiger partial charge in [-0.25, -0.2) is 4.98 Å². The second-order valence-corrected chi connectivity index (χ2v) is 5.12. The quantitative estimate of drug-likeness (QED) is 0.765. The largest absolute Gasteiger partial charge is 0.466 e. The van der Waals surface area contributed by atoms with Crippen LogP contribution in [0.3, 0.4) is 0 Å². The summed E-state index contributed by atoms with van der Waals surface area (Å²) >= 11 is 1.28. The van der Waals surface area contributed by atoms with E-state index in [4.69, 9.17) is 10.5 Å². The fourth-order valence-corrected chi connectivity index (χ4v) is 1.98. The van der Waals surface area contributed by atoms with Crippen LogP contribution < -0.4 is 11.1 Å². The van der Waals surface area contributed by atoms with Gasteiger partial charge in [0.25, 0.3) is 0 Å². The summed E-state index contributed by atoms with van der Waals surface area (Å²) in [7, 11) is 0. The lowest BCUT2D eigenvalue weighted by molar-refractivity contribution is -0.142. The van der Waals surface area contributed by atoms with Crippen molar-refractivity contribution in [2.24, 2.45) is 11.7 Å². The highest BCUT2D eigenvalue weighted by Gasteiger charge is 2.18. The number of amides is 1. The highest BCUT2D eigenvalue weighted by Crippen LogP contribution is 2.17. The maximum absolute atomic E-state index is 11.8. The standard InChI is InChI=1S/C12H19N3O3S/c1-4-18-10(16)5-9-6-19-12(14-9)15-11(17)7(2)8(3)13/h6-8H,4-5,13H2,1-3H3,(H,14,15,17). The van der Waals surface area contributed by atoms with Crippen molar-refractivity contribution in [2.45, 2.75) is 33.2 Å². The van der Waals surface area contributed by atoms with E-state index in [0.29, 0.717) is 17.4 Å². The minimum absolute atomic E-state index is 0.114. The number of nitrogens with zero attached hydrogens (tertiary/aromatic N) is 1. The Hall–Kier alpha value is -1.47. The van der Waals surface area contributed by atoms with Gasteiger partial charge in [0.05, 0.1) is 24.6 Å². The van der Waals surface area contributed by atoms with E-state index >= 15 is 0 Å². The molecule has 2 atom stereocenters. The molecule has 1 heterocycles. The van der Waals surface area contributed by atoms with E-state index in [1.165, 1.54) is 11.3 Å². The van der Waals surface area contributed by atoms with Crippen LogP contribution in [0.4, 0.5) is 5.13 Å². The third kappa shape index (κ3) is 4.96. The highest BCUT2D eigenvalue weighted by atomic mass is 32.1. The summed E-state index contributed by atoms with van der Waals surface area (Å²) in [6.07, 6.45) is 0.114. The molecular formula is C12H19N3O3S. The zero-order valence-electron chi connectivity index (χ0n) is 11.3. The van der Waals surface area contributed by atoms with Crippen LogP contribution >= 0.6 is 11.3 Å². The molecule has 1 rings (SSSR count).